The second-order valence-electron chi connectivity index (χ2n) is 5.53. The molecule has 2 saturated heterocycles. The monoisotopic (exact) mass is 355 g/mol. The third kappa shape index (κ3) is 5.64. The molecule has 0 saturated carbocycles. The molecule has 0 aromatic heterocycles. The van der Waals surface area contributed by atoms with Crippen molar-refractivity contribution < 1.29 is 37.8 Å². The van der Waals surface area contributed by atoms with Crippen LogP contribution in [-0.4, -0.2) is 82.3 Å². The number of rotatable bonds is 4. The van der Waals surface area contributed by atoms with Gasteiger partial charge in [-0.05, 0) is 12.8 Å². The highest BCUT2D eigenvalue weighted by molar-refractivity contribution is 5.82. The molecule has 2 fully saturated rings. The minimum absolute atomic E-state index is 0.0593. The zero-order valence-electron chi connectivity index (χ0n) is 12.8. The van der Waals surface area contributed by atoms with Gasteiger partial charge in [0.05, 0.1) is 6.04 Å². The van der Waals surface area contributed by atoms with Crippen molar-refractivity contribution in [3.8, 4) is 0 Å². The van der Waals surface area contributed by atoms with Crippen LogP contribution >= 0.6 is 0 Å². The van der Waals surface area contributed by atoms with Crippen molar-refractivity contribution in [1.29, 1.82) is 0 Å². The average molecular weight is 355 g/mol. The number of aliphatic carboxylic acids is 1. The molecule has 24 heavy (non-hydrogen) atoms. The molecule has 138 valence electrons. The first-order chi connectivity index (χ1) is 11.0. The normalized spacial score (nSPS) is 20.0. The molecule has 8 nitrogen and oxygen atoms in total. The Labute approximate surface area is 136 Å². The molecule has 2 aliphatic rings. The van der Waals surface area contributed by atoms with E-state index in [2.05, 4.69) is 0 Å². The van der Waals surface area contributed by atoms with Gasteiger partial charge in [0.1, 0.15) is 6.10 Å². The number of aliphatic hydroxyl groups is 1. The first kappa shape index (κ1) is 20.2. The van der Waals surface area contributed by atoms with Gasteiger partial charge >= 0.3 is 12.1 Å². The molecule has 2 atom stereocenters. The molecular weight excluding hydrogens is 335 g/mol. The molecule has 2 heterocycles. The summed E-state index contributed by atoms with van der Waals surface area (Å²) >= 11 is 0. The SMILES string of the molecule is N[C@@H](CN1CCCC1=O)C(O)C(=O)N1CCC1.O=C(O)C(F)(F)F. The van der Waals surface area contributed by atoms with Crippen molar-refractivity contribution in [3.63, 3.8) is 0 Å². The molecule has 0 bridgehead atoms. The number of likely N-dealkylation sites (tertiary alicyclic amines) is 2. The lowest BCUT2D eigenvalue weighted by atomic mass is 10.1. The summed E-state index contributed by atoms with van der Waals surface area (Å²) in [7, 11) is 0. The van der Waals surface area contributed by atoms with Crippen LogP contribution in [0.5, 0.6) is 0 Å². The van der Waals surface area contributed by atoms with Gasteiger partial charge in [0, 0.05) is 32.6 Å². The van der Waals surface area contributed by atoms with Gasteiger partial charge in [0.2, 0.25) is 5.91 Å². The van der Waals surface area contributed by atoms with Gasteiger partial charge in [0.15, 0.2) is 0 Å². The Morgan fingerprint density at radius 3 is 2.08 bits per heavy atom. The number of carbonyl (C=O) groups excluding carboxylic acids is 2. The van der Waals surface area contributed by atoms with Crippen LogP contribution in [0.15, 0.2) is 0 Å². The number of carboxylic acids is 1. The molecule has 2 rings (SSSR count). The maximum atomic E-state index is 11.7. The molecular formula is C13H20F3N3O5. The summed E-state index contributed by atoms with van der Waals surface area (Å²) in [6.45, 7) is 2.34. The van der Waals surface area contributed by atoms with E-state index in [0.717, 1.165) is 12.8 Å². The van der Waals surface area contributed by atoms with E-state index in [1.807, 2.05) is 0 Å². The summed E-state index contributed by atoms with van der Waals surface area (Å²) in [6, 6.07) is -0.690. The number of carbonyl (C=O) groups is 3. The second-order valence-corrected chi connectivity index (χ2v) is 5.53. The molecule has 0 aliphatic carbocycles. The summed E-state index contributed by atoms with van der Waals surface area (Å²) < 4.78 is 31.7. The van der Waals surface area contributed by atoms with Gasteiger partial charge in [-0.2, -0.15) is 13.2 Å². The van der Waals surface area contributed by atoms with Crippen molar-refractivity contribution in [2.75, 3.05) is 26.2 Å². The van der Waals surface area contributed by atoms with Gasteiger partial charge in [-0.1, -0.05) is 0 Å². The van der Waals surface area contributed by atoms with Crippen molar-refractivity contribution in [2.24, 2.45) is 5.73 Å². The molecule has 2 amide bonds. The molecule has 4 N–H and O–H groups in total. The summed E-state index contributed by atoms with van der Waals surface area (Å²) in [5.74, 6) is -3.01. The first-order valence-corrected chi connectivity index (χ1v) is 7.34. The molecule has 1 unspecified atom stereocenters. The Morgan fingerprint density at radius 2 is 1.75 bits per heavy atom. The maximum absolute atomic E-state index is 11.7. The number of nitrogens with two attached hydrogens (primary N) is 1. The van der Waals surface area contributed by atoms with Crippen LogP contribution in [0.3, 0.4) is 0 Å². The van der Waals surface area contributed by atoms with Crippen LogP contribution in [0.2, 0.25) is 0 Å². The minimum atomic E-state index is -5.08. The lowest BCUT2D eigenvalue weighted by Gasteiger charge is -2.34. The number of hydrogen-bond acceptors (Lipinski definition) is 5. The number of halogens is 3. The molecule has 0 aromatic carbocycles. The third-order valence-electron chi connectivity index (χ3n) is 3.67. The number of carboxylic acid groups (broad SMARTS) is 1. The first-order valence-electron chi connectivity index (χ1n) is 7.34. The standard InChI is InChI=1S/C11H19N3O3.C2HF3O2/c12-8(7-14-4-1-3-9(14)15)10(16)11(17)13-5-2-6-13;3-2(4,5)1(6)7/h8,10,16H,1-7,12H2;(H,6,7)/t8-,10?;/m0./s1. The van der Waals surface area contributed by atoms with Crippen LogP contribution in [0.4, 0.5) is 13.2 Å². The highest BCUT2D eigenvalue weighted by atomic mass is 19.4. The van der Waals surface area contributed by atoms with Crippen LogP contribution in [0, 0.1) is 0 Å². The summed E-state index contributed by atoms with van der Waals surface area (Å²) in [5.41, 5.74) is 5.79. The van der Waals surface area contributed by atoms with Gasteiger partial charge in [-0.25, -0.2) is 4.79 Å². The number of nitrogens with zero attached hydrogens (tertiary/aromatic N) is 2. The Kier molecular flexibility index (Phi) is 6.96. The summed E-state index contributed by atoms with van der Waals surface area (Å²) in [5, 5.41) is 16.9. The van der Waals surface area contributed by atoms with Gasteiger partial charge in [-0.15, -0.1) is 0 Å². The van der Waals surface area contributed by atoms with Gasteiger partial charge < -0.3 is 25.7 Å². The van der Waals surface area contributed by atoms with Crippen LogP contribution in [-0.2, 0) is 14.4 Å². The molecule has 0 spiro atoms. The fourth-order valence-electron chi connectivity index (χ4n) is 2.16. The fraction of sp³-hybridized carbons (Fsp3) is 0.769. The Bertz CT molecular complexity index is 482. The van der Waals surface area contributed by atoms with E-state index in [4.69, 9.17) is 15.6 Å². The topological polar surface area (TPSA) is 124 Å². The minimum Gasteiger partial charge on any atom is -0.475 e. The van der Waals surface area contributed by atoms with E-state index in [0.29, 0.717) is 26.1 Å². The van der Waals surface area contributed by atoms with E-state index >= 15 is 0 Å². The van der Waals surface area contributed by atoms with Crippen molar-refractivity contribution in [1.82, 2.24) is 9.80 Å². The smallest absolute Gasteiger partial charge is 0.475 e. The molecule has 0 aromatic rings. The van der Waals surface area contributed by atoms with Gasteiger partial charge in [0.25, 0.3) is 5.91 Å². The number of hydrogen-bond donors (Lipinski definition) is 3. The van der Waals surface area contributed by atoms with Crippen LogP contribution < -0.4 is 5.73 Å². The fourth-order valence-corrected chi connectivity index (χ4v) is 2.16. The van der Waals surface area contributed by atoms with E-state index in [9.17, 15) is 27.9 Å². The van der Waals surface area contributed by atoms with Crippen LogP contribution in [0.25, 0.3) is 0 Å². The van der Waals surface area contributed by atoms with Crippen molar-refractivity contribution >= 4 is 17.8 Å². The maximum Gasteiger partial charge on any atom is 0.490 e. The Balaban J connectivity index is 0.000000351. The second kappa shape index (κ2) is 8.29. The Hall–Kier alpha value is -1.88. The number of aliphatic hydroxyl groups excluding tert-OH is 1. The molecule has 11 heteroatoms. The quantitative estimate of drug-likeness (QED) is 0.604. The van der Waals surface area contributed by atoms with E-state index in [1.54, 1.807) is 9.80 Å². The predicted molar refractivity (Wildman–Crippen MR) is 74.7 cm³/mol. The Morgan fingerprint density at radius 1 is 1.21 bits per heavy atom. The lowest BCUT2D eigenvalue weighted by Crippen LogP contribution is -2.55. The van der Waals surface area contributed by atoms with Crippen molar-refractivity contribution in [2.45, 2.75) is 37.6 Å². The zero-order valence-corrected chi connectivity index (χ0v) is 12.8. The average Bonchev–Trinajstić information content (AvgIpc) is 2.81. The largest absolute Gasteiger partial charge is 0.490 e. The predicted octanol–water partition coefficient (Wildman–Crippen LogP) is -0.837. The summed E-state index contributed by atoms with van der Waals surface area (Å²) in [4.78, 5) is 35.2. The lowest BCUT2D eigenvalue weighted by molar-refractivity contribution is -0.192. The third-order valence-corrected chi connectivity index (χ3v) is 3.67. The number of amides is 2. The molecule has 0 radical (unpaired) electrons. The highest BCUT2D eigenvalue weighted by Crippen LogP contribution is 2.14. The van der Waals surface area contributed by atoms with Crippen LogP contribution in [0.1, 0.15) is 19.3 Å². The van der Waals surface area contributed by atoms with E-state index in [1.165, 1.54) is 0 Å². The molecule has 2 aliphatic heterocycles. The van der Waals surface area contributed by atoms with Gasteiger partial charge in [-0.3, -0.25) is 9.59 Å². The number of alkyl halides is 3. The van der Waals surface area contributed by atoms with E-state index in [-0.39, 0.29) is 18.4 Å². The van der Waals surface area contributed by atoms with E-state index < -0.39 is 24.3 Å². The highest BCUT2D eigenvalue weighted by Gasteiger charge is 2.38. The summed E-state index contributed by atoms with van der Waals surface area (Å²) in [6.07, 6.45) is -3.91. The van der Waals surface area contributed by atoms with Crippen molar-refractivity contribution in [3.05, 3.63) is 0 Å². The zero-order chi connectivity index (χ0) is 18.5.